The van der Waals surface area contributed by atoms with Crippen molar-refractivity contribution in [3.63, 3.8) is 0 Å². The van der Waals surface area contributed by atoms with Crippen LogP contribution in [0.3, 0.4) is 0 Å². The Hall–Kier alpha value is -6.00. The Kier molecular flexibility index (Phi) is 7.39. The summed E-state index contributed by atoms with van der Waals surface area (Å²) in [6.45, 7) is 0.0686. The lowest BCUT2D eigenvalue weighted by molar-refractivity contribution is -0.385. The number of ether oxygens (including phenoxy) is 2. The molecular weight excluding hydrogens is 608 g/mol. The fourth-order valence-electron chi connectivity index (χ4n) is 5.36. The first-order valence-electron chi connectivity index (χ1n) is 14.1. The molecule has 0 unspecified atom stereocenters. The fourth-order valence-corrected chi connectivity index (χ4v) is 5.64. The quantitative estimate of drug-likeness (QED) is 0.0947. The lowest BCUT2D eigenvalue weighted by Crippen LogP contribution is -2.20. The van der Waals surface area contributed by atoms with E-state index in [1.165, 1.54) is 18.3 Å². The Balaban J connectivity index is 1.29. The highest BCUT2D eigenvalue weighted by atomic mass is 35.5. The van der Waals surface area contributed by atoms with Gasteiger partial charge in [0.05, 0.1) is 39.6 Å². The molecule has 11 heteroatoms. The zero-order chi connectivity index (χ0) is 31.8. The highest BCUT2D eigenvalue weighted by molar-refractivity contribution is 6.32. The van der Waals surface area contributed by atoms with Crippen molar-refractivity contribution in [1.82, 2.24) is 9.66 Å². The van der Waals surface area contributed by atoms with E-state index >= 15 is 0 Å². The maximum atomic E-state index is 13.7. The average Bonchev–Trinajstić information content (AvgIpc) is 3.52. The number of fused-ring (bicyclic) bond motifs is 3. The summed E-state index contributed by atoms with van der Waals surface area (Å²) < 4.78 is 18.5. The first-order chi connectivity index (χ1) is 22.4. The summed E-state index contributed by atoms with van der Waals surface area (Å²) in [5.74, 6) is 0.933. The maximum absolute atomic E-state index is 13.7. The summed E-state index contributed by atoms with van der Waals surface area (Å²) in [4.78, 5) is 29.9. The highest BCUT2D eigenvalue weighted by Gasteiger charge is 2.22. The summed E-state index contributed by atoms with van der Waals surface area (Å²) in [7, 11) is 1.56. The second kappa shape index (κ2) is 11.8. The van der Waals surface area contributed by atoms with Crippen LogP contribution >= 0.6 is 11.6 Å². The number of furan rings is 1. The largest absolute Gasteiger partial charge is 0.496 e. The van der Waals surface area contributed by atoms with E-state index in [-0.39, 0.29) is 40.2 Å². The third-order valence-corrected chi connectivity index (χ3v) is 7.81. The van der Waals surface area contributed by atoms with Crippen molar-refractivity contribution >= 4 is 56.1 Å². The van der Waals surface area contributed by atoms with E-state index in [1.807, 2.05) is 42.5 Å². The molecule has 0 aliphatic heterocycles. The predicted molar refractivity (Wildman–Crippen MR) is 177 cm³/mol. The molecule has 0 saturated heterocycles. The Morgan fingerprint density at radius 2 is 1.72 bits per heavy atom. The Morgan fingerprint density at radius 3 is 2.54 bits per heavy atom. The topological polar surface area (TPSA) is 122 Å². The van der Waals surface area contributed by atoms with Gasteiger partial charge in [0.1, 0.15) is 17.9 Å². The van der Waals surface area contributed by atoms with E-state index in [4.69, 9.17) is 25.5 Å². The van der Waals surface area contributed by atoms with Gasteiger partial charge in [0.15, 0.2) is 5.76 Å². The number of halogens is 1. The third-order valence-electron chi connectivity index (χ3n) is 7.53. The molecule has 46 heavy (non-hydrogen) atoms. The molecule has 0 amide bonds. The standard InChI is InChI=1S/C35H23ClN4O6/c1-44-30-14-7-15-31-26(30)18-32(46-31)34-38-28-13-5-4-12-25(28)35(41)39(34)37-19-21-16-27(36)33(29(17-21)40(42)43)45-20-23-10-6-9-22-8-2-3-11-24(22)23/h2-19H,20H2,1H3. The molecule has 2 heterocycles. The summed E-state index contributed by atoms with van der Waals surface area (Å²) >= 11 is 6.56. The second-order valence-electron chi connectivity index (χ2n) is 10.3. The molecule has 226 valence electrons. The summed E-state index contributed by atoms with van der Waals surface area (Å²) in [6.07, 6.45) is 1.30. The van der Waals surface area contributed by atoms with Crippen LogP contribution in [-0.2, 0) is 6.61 Å². The number of hydrogen-bond acceptors (Lipinski definition) is 8. The van der Waals surface area contributed by atoms with Gasteiger partial charge < -0.3 is 13.9 Å². The summed E-state index contributed by atoms with van der Waals surface area (Å²) in [5.41, 5.74) is 1.31. The maximum Gasteiger partial charge on any atom is 0.313 e. The number of nitro groups is 1. The van der Waals surface area contributed by atoms with E-state index in [1.54, 1.807) is 55.6 Å². The number of nitro benzene ring substituents is 1. The number of nitrogens with zero attached hydrogens (tertiary/aromatic N) is 4. The van der Waals surface area contributed by atoms with Gasteiger partial charge >= 0.3 is 5.69 Å². The van der Waals surface area contributed by atoms with Crippen LogP contribution in [0.5, 0.6) is 11.5 Å². The number of rotatable bonds is 8. The van der Waals surface area contributed by atoms with E-state index in [9.17, 15) is 14.9 Å². The van der Waals surface area contributed by atoms with Crippen LogP contribution in [0, 0.1) is 10.1 Å². The van der Waals surface area contributed by atoms with Crippen molar-refractivity contribution in [3.05, 3.63) is 140 Å². The number of benzene rings is 5. The lowest BCUT2D eigenvalue weighted by Gasteiger charge is -2.11. The van der Waals surface area contributed by atoms with Crippen LogP contribution in [0.2, 0.25) is 5.02 Å². The van der Waals surface area contributed by atoms with Gasteiger partial charge in [-0.05, 0) is 52.7 Å². The average molecular weight is 631 g/mol. The molecule has 2 aromatic heterocycles. The Morgan fingerprint density at radius 1 is 0.957 bits per heavy atom. The molecular formula is C35H23ClN4O6. The van der Waals surface area contributed by atoms with E-state index in [0.29, 0.717) is 27.6 Å². The second-order valence-corrected chi connectivity index (χ2v) is 10.7. The molecule has 0 radical (unpaired) electrons. The van der Waals surface area contributed by atoms with Crippen LogP contribution in [0.25, 0.3) is 44.2 Å². The number of hydrogen-bond donors (Lipinski definition) is 0. The van der Waals surface area contributed by atoms with Crippen LogP contribution in [0.1, 0.15) is 11.1 Å². The highest BCUT2D eigenvalue weighted by Crippen LogP contribution is 2.37. The minimum absolute atomic E-state index is 0.0180. The van der Waals surface area contributed by atoms with E-state index in [2.05, 4.69) is 10.1 Å². The van der Waals surface area contributed by atoms with Crippen LogP contribution < -0.4 is 15.0 Å². The molecule has 0 bridgehead atoms. The van der Waals surface area contributed by atoms with Gasteiger partial charge in [0, 0.05) is 11.6 Å². The lowest BCUT2D eigenvalue weighted by atomic mass is 10.1. The van der Waals surface area contributed by atoms with Crippen molar-refractivity contribution in [3.8, 4) is 23.1 Å². The van der Waals surface area contributed by atoms with Crippen molar-refractivity contribution in [2.24, 2.45) is 5.10 Å². The summed E-state index contributed by atoms with van der Waals surface area (Å²) in [6, 6.07) is 30.3. The smallest absolute Gasteiger partial charge is 0.313 e. The van der Waals surface area contributed by atoms with Crippen LogP contribution in [-0.4, -0.2) is 27.9 Å². The van der Waals surface area contributed by atoms with Gasteiger partial charge in [-0.25, -0.2) is 4.98 Å². The van der Waals surface area contributed by atoms with Crippen LogP contribution in [0.4, 0.5) is 5.69 Å². The minimum atomic E-state index is -0.571. The van der Waals surface area contributed by atoms with Crippen molar-refractivity contribution in [1.29, 1.82) is 0 Å². The Labute approximate surface area is 265 Å². The minimum Gasteiger partial charge on any atom is -0.496 e. The molecule has 0 aliphatic carbocycles. The SMILES string of the molecule is COc1cccc2oc(-c3nc4ccccc4c(=O)n3N=Cc3cc(Cl)c(OCc4cccc5ccccc45)c([N+](=O)[O-])c3)cc12. The first kappa shape index (κ1) is 28.8. The van der Waals surface area contributed by atoms with Gasteiger partial charge in [-0.2, -0.15) is 9.78 Å². The van der Waals surface area contributed by atoms with E-state index in [0.717, 1.165) is 21.0 Å². The first-order valence-corrected chi connectivity index (χ1v) is 14.5. The predicted octanol–water partition coefficient (Wildman–Crippen LogP) is 7.99. The van der Waals surface area contributed by atoms with Gasteiger partial charge in [0.25, 0.3) is 5.56 Å². The van der Waals surface area contributed by atoms with Crippen molar-refractivity contribution in [2.75, 3.05) is 7.11 Å². The van der Waals surface area contributed by atoms with Gasteiger partial charge in [-0.1, -0.05) is 72.3 Å². The zero-order valence-electron chi connectivity index (χ0n) is 24.2. The molecule has 0 aliphatic rings. The van der Waals surface area contributed by atoms with Gasteiger partial charge in [-0.3, -0.25) is 14.9 Å². The number of para-hydroxylation sites is 1. The number of aromatic nitrogens is 2. The molecule has 0 N–H and O–H groups in total. The van der Waals surface area contributed by atoms with Crippen molar-refractivity contribution in [2.45, 2.75) is 6.61 Å². The summed E-state index contributed by atoms with van der Waals surface area (Å²) in [5, 5.41) is 19.6. The van der Waals surface area contributed by atoms with Gasteiger partial charge in [-0.15, -0.1) is 0 Å². The van der Waals surface area contributed by atoms with E-state index < -0.39 is 10.5 Å². The molecule has 0 saturated carbocycles. The zero-order valence-corrected chi connectivity index (χ0v) is 25.0. The molecule has 0 fully saturated rings. The normalized spacial score (nSPS) is 11.5. The number of methoxy groups -OCH3 is 1. The van der Waals surface area contributed by atoms with Crippen LogP contribution in [0.15, 0.2) is 117 Å². The Bertz CT molecular complexity index is 2390. The fraction of sp³-hybridized carbons (Fsp3) is 0.0571. The molecule has 5 aromatic carbocycles. The third kappa shape index (κ3) is 5.20. The van der Waals surface area contributed by atoms with Crippen molar-refractivity contribution < 1.29 is 18.8 Å². The van der Waals surface area contributed by atoms with Gasteiger partial charge in [0.2, 0.25) is 11.6 Å². The molecule has 0 atom stereocenters. The molecule has 7 aromatic rings. The molecule has 0 spiro atoms. The molecule has 7 rings (SSSR count). The molecule has 10 nitrogen and oxygen atoms in total. The monoisotopic (exact) mass is 630 g/mol.